The summed E-state index contributed by atoms with van der Waals surface area (Å²) >= 11 is 12.3. The molecule has 0 saturated carbocycles. The number of nitrogens with zero attached hydrogens (tertiary/aromatic N) is 2. The molecule has 10 heteroatoms. The first-order chi connectivity index (χ1) is 16.4. The molecule has 0 aromatic heterocycles. The first-order valence-corrected chi connectivity index (χ1v) is 11.9. The maximum atomic E-state index is 13.0. The predicted molar refractivity (Wildman–Crippen MR) is 132 cm³/mol. The van der Waals surface area contributed by atoms with Crippen LogP contribution >= 0.6 is 23.2 Å². The topological polar surface area (TPSA) is 91.0 Å². The van der Waals surface area contributed by atoms with Gasteiger partial charge in [0.25, 0.3) is 5.91 Å². The van der Waals surface area contributed by atoms with E-state index in [1.54, 1.807) is 42.5 Å². The molecule has 0 spiro atoms. The Balaban J connectivity index is 1.37. The summed E-state index contributed by atoms with van der Waals surface area (Å²) in [7, 11) is 0. The monoisotopic (exact) mass is 504 g/mol. The molecule has 1 atom stereocenters. The number of carbonyl (C=O) groups is 3. The Morgan fingerprint density at radius 2 is 1.82 bits per heavy atom. The number of para-hydroxylation sites is 1. The van der Waals surface area contributed by atoms with Gasteiger partial charge in [0.15, 0.2) is 0 Å². The van der Waals surface area contributed by atoms with Gasteiger partial charge in [-0.3, -0.25) is 19.3 Å². The molecule has 0 bridgehead atoms. The second kappa shape index (κ2) is 11.2. The van der Waals surface area contributed by atoms with Crippen LogP contribution in [0.2, 0.25) is 10.0 Å². The molecule has 2 fully saturated rings. The number of benzene rings is 2. The van der Waals surface area contributed by atoms with Crippen LogP contribution in [0.4, 0.5) is 11.4 Å². The highest BCUT2D eigenvalue weighted by Gasteiger charge is 2.36. The Labute approximate surface area is 208 Å². The molecule has 4 rings (SSSR count). The number of morpholine rings is 1. The average Bonchev–Trinajstić information content (AvgIpc) is 3.23. The summed E-state index contributed by atoms with van der Waals surface area (Å²) in [6, 6.07) is 11.9. The highest BCUT2D eigenvalue weighted by atomic mass is 35.5. The number of nitrogens with one attached hydrogen (secondary N) is 2. The lowest BCUT2D eigenvalue weighted by atomic mass is 10.1. The summed E-state index contributed by atoms with van der Waals surface area (Å²) in [5, 5.41) is 6.36. The number of hydrogen-bond acceptors (Lipinski definition) is 5. The summed E-state index contributed by atoms with van der Waals surface area (Å²) in [6.07, 6.45) is 0.0442. The number of anilines is 2. The lowest BCUT2D eigenvalue weighted by Crippen LogP contribution is -2.41. The van der Waals surface area contributed by atoms with Crippen molar-refractivity contribution in [2.45, 2.75) is 6.42 Å². The van der Waals surface area contributed by atoms with Crippen molar-refractivity contribution in [3.8, 4) is 0 Å². The molecule has 0 aliphatic carbocycles. The minimum absolute atomic E-state index is 0.0442. The summed E-state index contributed by atoms with van der Waals surface area (Å²) in [4.78, 5) is 42.1. The minimum Gasteiger partial charge on any atom is -0.379 e. The first-order valence-electron chi connectivity index (χ1n) is 11.2. The van der Waals surface area contributed by atoms with E-state index in [9.17, 15) is 14.4 Å². The summed E-state index contributed by atoms with van der Waals surface area (Å²) < 4.78 is 5.33. The lowest BCUT2D eigenvalue weighted by molar-refractivity contribution is -0.122. The SMILES string of the molecule is O=C(NCCN1CCOCC1)c1ccccc1NC(=O)[C@H]1CC(=O)N(c2cccc(Cl)c2Cl)C1. The standard InChI is InChI=1S/C24H26Cl2N4O4/c25-18-5-3-7-20(22(18)26)30-15-16(14-21(30)31)23(32)28-19-6-2-1-4-17(19)24(33)27-8-9-29-10-12-34-13-11-29/h1-7,16H,8-15H2,(H,27,33)(H,28,32)/t16-/m0/s1. The Hall–Kier alpha value is -2.65. The van der Waals surface area contributed by atoms with Gasteiger partial charge in [-0.25, -0.2) is 0 Å². The molecule has 2 aliphatic rings. The molecule has 34 heavy (non-hydrogen) atoms. The number of carbonyl (C=O) groups excluding carboxylic acids is 3. The van der Waals surface area contributed by atoms with Gasteiger partial charge in [-0.1, -0.05) is 41.4 Å². The second-order valence-electron chi connectivity index (χ2n) is 8.22. The van der Waals surface area contributed by atoms with E-state index < -0.39 is 5.92 Å². The maximum Gasteiger partial charge on any atom is 0.253 e. The number of rotatable bonds is 7. The van der Waals surface area contributed by atoms with Crippen LogP contribution in [0.3, 0.4) is 0 Å². The van der Waals surface area contributed by atoms with Crippen LogP contribution in [0.1, 0.15) is 16.8 Å². The third-order valence-corrected chi connectivity index (χ3v) is 6.77. The quantitative estimate of drug-likeness (QED) is 0.604. The van der Waals surface area contributed by atoms with Crippen LogP contribution in [0.5, 0.6) is 0 Å². The molecule has 8 nitrogen and oxygen atoms in total. The average molecular weight is 505 g/mol. The van der Waals surface area contributed by atoms with Crippen LogP contribution in [0.15, 0.2) is 42.5 Å². The van der Waals surface area contributed by atoms with E-state index in [4.69, 9.17) is 27.9 Å². The Bertz CT molecular complexity index is 1070. The van der Waals surface area contributed by atoms with Crippen LogP contribution in [0.25, 0.3) is 0 Å². The number of ether oxygens (including phenoxy) is 1. The zero-order valence-corrected chi connectivity index (χ0v) is 20.1. The first kappa shape index (κ1) is 24.5. The van der Waals surface area contributed by atoms with Gasteiger partial charge >= 0.3 is 0 Å². The smallest absolute Gasteiger partial charge is 0.253 e. The number of hydrogen-bond donors (Lipinski definition) is 2. The van der Waals surface area contributed by atoms with E-state index in [0.717, 1.165) is 19.6 Å². The molecule has 2 heterocycles. The molecular formula is C24H26Cl2N4O4. The second-order valence-corrected chi connectivity index (χ2v) is 9.01. The van der Waals surface area contributed by atoms with Gasteiger partial charge < -0.3 is 20.3 Å². The Kier molecular flexibility index (Phi) is 8.05. The van der Waals surface area contributed by atoms with Gasteiger partial charge in [0.05, 0.1) is 46.1 Å². The lowest BCUT2D eigenvalue weighted by Gasteiger charge is -2.26. The van der Waals surface area contributed by atoms with Crippen LogP contribution in [-0.4, -0.2) is 68.6 Å². The van der Waals surface area contributed by atoms with E-state index in [1.165, 1.54) is 4.90 Å². The van der Waals surface area contributed by atoms with Crippen LogP contribution < -0.4 is 15.5 Å². The third kappa shape index (κ3) is 5.70. The zero-order chi connectivity index (χ0) is 24.1. The Morgan fingerprint density at radius 1 is 1.06 bits per heavy atom. The normalized spacial score (nSPS) is 18.7. The molecule has 2 N–H and O–H groups in total. The maximum absolute atomic E-state index is 13.0. The summed E-state index contributed by atoms with van der Waals surface area (Å²) in [6.45, 7) is 4.50. The van der Waals surface area contributed by atoms with Crippen molar-refractivity contribution in [3.05, 3.63) is 58.1 Å². The van der Waals surface area contributed by atoms with Crippen molar-refractivity contribution in [1.82, 2.24) is 10.2 Å². The fraction of sp³-hybridized carbons (Fsp3) is 0.375. The number of amides is 3. The zero-order valence-electron chi connectivity index (χ0n) is 18.6. The molecule has 2 aromatic rings. The van der Waals surface area contributed by atoms with Crippen molar-refractivity contribution in [3.63, 3.8) is 0 Å². The van der Waals surface area contributed by atoms with Gasteiger partial charge in [0, 0.05) is 39.1 Å². The van der Waals surface area contributed by atoms with Crippen molar-refractivity contribution in [1.29, 1.82) is 0 Å². The summed E-state index contributed by atoms with van der Waals surface area (Å²) in [5.74, 6) is -1.39. The summed E-state index contributed by atoms with van der Waals surface area (Å²) in [5.41, 5.74) is 1.26. The van der Waals surface area contributed by atoms with Crippen molar-refractivity contribution >= 4 is 52.3 Å². The van der Waals surface area contributed by atoms with Crippen LogP contribution in [-0.2, 0) is 14.3 Å². The fourth-order valence-corrected chi connectivity index (χ4v) is 4.49. The highest BCUT2D eigenvalue weighted by Crippen LogP contribution is 2.36. The molecule has 2 aromatic carbocycles. The van der Waals surface area contributed by atoms with Gasteiger partial charge in [0.2, 0.25) is 11.8 Å². The molecule has 2 saturated heterocycles. The van der Waals surface area contributed by atoms with Crippen LogP contribution in [0, 0.1) is 5.92 Å². The van der Waals surface area contributed by atoms with Gasteiger partial charge in [-0.2, -0.15) is 0 Å². The molecule has 2 aliphatic heterocycles. The van der Waals surface area contributed by atoms with Crippen molar-refractivity contribution < 1.29 is 19.1 Å². The molecular weight excluding hydrogens is 479 g/mol. The minimum atomic E-state index is -0.583. The largest absolute Gasteiger partial charge is 0.379 e. The van der Waals surface area contributed by atoms with Gasteiger partial charge in [-0.05, 0) is 24.3 Å². The molecule has 3 amide bonds. The van der Waals surface area contributed by atoms with E-state index in [1.807, 2.05) is 0 Å². The number of halogens is 2. The van der Waals surface area contributed by atoms with E-state index in [2.05, 4.69) is 15.5 Å². The van der Waals surface area contributed by atoms with E-state index >= 15 is 0 Å². The highest BCUT2D eigenvalue weighted by molar-refractivity contribution is 6.44. The van der Waals surface area contributed by atoms with Gasteiger partial charge in [0.1, 0.15) is 0 Å². The third-order valence-electron chi connectivity index (χ3n) is 5.96. The molecule has 0 radical (unpaired) electrons. The molecule has 180 valence electrons. The Morgan fingerprint density at radius 3 is 2.62 bits per heavy atom. The van der Waals surface area contributed by atoms with E-state index in [-0.39, 0.29) is 35.7 Å². The van der Waals surface area contributed by atoms with Crippen molar-refractivity contribution in [2.24, 2.45) is 5.92 Å². The van der Waals surface area contributed by atoms with E-state index in [0.29, 0.717) is 41.7 Å². The fourth-order valence-electron chi connectivity index (χ4n) is 4.09. The molecule has 0 unspecified atom stereocenters. The predicted octanol–water partition coefficient (Wildman–Crippen LogP) is 3.05. The van der Waals surface area contributed by atoms with Gasteiger partial charge in [-0.15, -0.1) is 0 Å². The van der Waals surface area contributed by atoms with Crippen molar-refractivity contribution in [2.75, 3.05) is 56.2 Å².